The summed E-state index contributed by atoms with van der Waals surface area (Å²) in [6, 6.07) is 9.22. The molecule has 2 spiro atoms. The first-order chi connectivity index (χ1) is 14.3. The predicted molar refractivity (Wildman–Crippen MR) is 108 cm³/mol. The van der Waals surface area contributed by atoms with Crippen LogP contribution in [0.4, 0.5) is 0 Å². The third kappa shape index (κ3) is 2.46. The zero-order chi connectivity index (χ0) is 21.1. The van der Waals surface area contributed by atoms with Gasteiger partial charge in [-0.3, -0.25) is 0 Å². The molecule has 4 heterocycles. The average molecular weight is 407 g/mol. The Labute approximate surface area is 173 Å². The van der Waals surface area contributed by atoms with Crippen molar-refractivity contribution in [2.24, 2.45) is 16.1 Å². The molecule has 1 saturated heterocycles. The summed E-state index contributed by atoms with van der Waals surface area (Å²) >= 11 is 0. The summed E-state index contributed by atoms with van der Waals surface area (Å²) < 4.78 is 17.7. The monoisotopic (exact) mass is 407 g/mol. The number of fused-ring (bicyclic) bond motifs is 3. The number of aliphatic imine (C=N–C) groups is 1. The van der Waals surface area contributed by atoms with Crippen LogP contribution in [0.3, 0.4) is 0 Å². The highest BCUT2D eigenvalue weighted by atomic mass is 16.5. The number of ether oxygens (including phenoxy) is 3. The maximum atomic E-state index is 12.7. The largest absolute Gasteiger partial charge is 0.874 e. The summed E-state index contributed by atoms with van der Waals surface area (Å²) in [5, 5.41) is 21.4. The van der Waals surface area contributed by atoms with E-state index in [9.17, 15) is 5.11 Å². The zero-order valence-corrected chi connectivity index (χ0v) is 17.0. The molecule has 2 N–H and O–H groups in total. The molecular formula is C22H23N4O4-. The van der Waals surface area contributed by atoms with Gasteiger partial charge >= 0.3 is 0 Å². The van der Waals surface area contributed by atoms with Gasteiger partial charge in [0, 0.05) is 5.56 Å². The van der Waals surface area contributed by atoms with Gasteiger partial charge in [-0.05, 0) is 50.1 Å². The predicted octanol–water partition coefficient (Wildman–Crippen LogP) is -0.674. The van der Waals surface area contributed by atoms with Crippen LogP contribution in [0.2, 0.25) is 0 Å². The van der Waals surface area contributed by atoms with E-state index in [0.717, 1.165) is 16.9 Å². The van der Waals surface area contributed by atoms with Crippen molar-refractivity contribution in [3.63, 3.8) is 0 Å². The van der Waals surface area contributed by atoms with Crippen LogP contribution in [0, 0.1) is 5.41 Å². The second-order valence-electron chi connectivity index (χ2n) is 8.63. The van der Waals surface area contributed by atoms with Gasteiger partial charge in [0.1, 0.15) is 23.5 Å². The van der Waals surface area contributed by atoms with Crippen molar-refractivity contribution in [2.75, 3.05) is 19.8 Å². The van der Waals surface area contributed by atoms with Crippen molar-refractivity contribution in [3.8, 4) is 5.75 Å². The summed E-state index contributed by atoms with van der Waals surface area (Å²) in [4.78, 5) is 4.78. The maximum Gasteiger partial charge on any atom is 0.283 e. The molecule has 0 bridgehead atoms. The molecule has 0 radical (unpaired) electrons. The first-order valence-corrected chi connectivity index (χ1v) is 9.84. The first-order valence-electron chi connectivity index (χ1n) is 9.84. The molecule has 3 aliphatic heterocycles. The van der Waals surface area contributed by atoms with Gasteiger partial charge in [0.25, 0.3) is 6.02 Å². The van der Waals surface area contributed by atoms with Crippen molar-refractivity contribution in [2.45, 2.75) is 31.4 Å². The Hall–Kier alpha value is -3.13. The van der Waals surface area contributed by atoms with E-state index in [2.05, 4.69) is 16.8 Å². The molecule has 3 aliphatic rings. The fraction of sp³-hybridized carbons (Fsp3) is 0.409. The minimum absolute atomic E-state index is 0.124. The van der Waals surface area contributed by atoms with Crippen LogP contribution < -0.4 is 26.3 Å². The Morgan fingerprint density at radius 3 is 2.57 bits per heavy atom. The Morgan fingerprint density at radius 2 is 1.97 bits per heavy atom. The zero-order valence-electron chi connectivity index (χ0n) is 17.0. The first kappa shape index (κ1) is 18.9. The fourth-order valence-electron chi connectivity index (χ4n) is 4.72. The van der Waals surface area contributed by atoms with E-state index in [1.807, 2.05) is 32.0 Å². The molecule has 0 saturated carbocycles. The van der Waals surface area contributed by atoms with Crippen molar-refractivity contribution in [3.05, 3.63) is 52.2 Å². The molecule has 0 amide bonds. The normalized spacial score (nSPS) is 26.3. The highest BCUT2D eigenvalue weighted by Gasteiger charge is 2.71. The standard InChI is InChI=1S/C22H24N4O4/c1-13-4-6-16(26-25-13)17(27)9-14-5-7-18-15(8-14)22(12-29-19(23)24-22)21(10-28-11-21)20(2,3)30-18/h4-8,27H,1,9-12H2,2-3H3,(H2,23,24)/p-1. The third-order valence-corrected chi connectivity index (χ3v) is 6.60. The van der Waals surface area contributed by atoms with Crippen LogP contribution in [0.15, 0.2) is 35.3 Å². The van der Waals surface area contributed by atoms with E-state index in [1.165, 1.54) is 0 Å². The molecule has 30 heavy (non-hydrogen) atoms. The SMILES string of the molecule is C=c1ccc(=C([O-])Cc2ccc3c(c2)C2(COC(N)=N2)C2(COC2)C(C)(C)O3)nn1. The van der Waals surface area contributed by atoms with Gasteiger partial charge in [0.2, 0.25) is 0 Å². The summed E-state index contributed by atoms with van der Waals surface area (Å²) in [6.07, 6.45) is 0.182. The van der Waals surface area contributed by atoms with E-state index in [0.29, 0.717) is 30.5 Å². The van der Waals surface area contributed by atoms with Crippen LogP contribution in [-0.2, 0) is 21.4 Å². The lowest BCUT2D eigenvalue weighted by Gasteiger charge is -2.61. The van der Waals surface area contributed by atoms with Gasteiger partial charge in [0.15, 0.2) is 0 Å². The fourth-order valence-corrected chi connectivity index (χ4v) is 4.72. The Bertz CT molecular complexity index is 1150. The molecular weight excluding hydrogens is 384 g/mol. The van der Waals surface area contributed by atoms with Gasteiger partial charge in [-0.25, -0.2) is 4.99 Å². The van der Waals surface area contributed by atoms with Crippen LogP contribution in [0.1, 0.15) is 25.0 Å². The number of nitrogens with two attached hydrogens (primary N) is 1. The second kappa shape index (κ2) is 6.18. The third-order valence-electron chi connectivity index (χ3n) is 6.60. The van der Waals surface area contributed by atoms with Crippen LogP contribution in [0.5, 0.6) is 5.75 Å². The number of benzene rings is 1. The molecule has 156 valence electrons. The second-order valence-corrected chi connectivity index (χ2v) is 8.63. The smallest absolute Gasteiger partial charge is 0.283 e. The summed E-state index contributed by atoms with van der Waals surface area (Å²) in [5.74, 6) is 0.595. The van der Waals surface area contributed by atoms with Crippen molar-refractivity contribution in [1.29, 1.82) is 0 Å². The molecule has 1 fully saturated rings. The molecule has 1 atom stereocenters. The molecule has 1 unspecified atom stereocenters. The lowest BCUT2D eigenvalue weighted by molar-refractivity contribution is -0.252. The van der Waals surface area contributed by atoms with Gasteiger partial charge in [-0.2, -0.15) is 10.2 Å². The number of rotatable bonds is 2. The van der Waals surface area contributed by atoms with Crippen LogP contribution in [0.25, 0.3) is 12.3 Å². The van der Waals surface area contributed by atoms with E-state index in [1.54, 1.807) is 12.1 Å². The summed E-state index contributed by atoms with van der Waals surface area (Å²) in [7, 11) is 0. The Kier molecular flexibility index (Phi) is 3.89. The molecule has 0 aliphatic carbocycles. The minimum atomic E-state index is -0.721. The van der Waals surface area contributed by atoms with E-state index in [-0.39, 0.29) is 18.2 Å². The number of amidine groups is 1. The molecule has 2 aromatic rings. The highest BCUT2D eigenvalue weighted by molar-refractivity contribution is 5.75. The highest BCUT2D eigenvalue weighted by Crippen LogP contribution is 2.62. The molecule has 8 nitrogen and oxygen atoms in total. The van der Waals surface area contributed by atoms with Crippen molar-refractivity contribution >= 4 is 18.4 Å². The van der Waals surface area contributed by atoms with Crippen molar-refractivity contribution in [1.82, 2.24) is 10.2 Å². The molecule has 1 aromatic carbocycles. The number of nitrogens with zero attached hydrogens (tertiary/aromatic N) is 3. The topological polar surface area (TPSA) is 115 Å². The molecule has 1 aromatic heterocycles. The van der Waals surface area contributed by atoms with Gasteiger partial charge in [-0.15, -0.1) is 0 Å². The van der Waals surface area contributed by atoms with E-state index >= 15 is 0 Å². The quantitative estimate of drug-likeness (QED) is 0.702. The molecule has 8 heteroatoms. The number of hydrogen-bond acceptors (Lipinski definition) is 8. The van der Waals surface area contributed by atoms with Gasteiger partial charge in [-0.1, -0.05) is 18.4 Å². The Morgan fingerprint density at radius 1 is 1.17 bits per heavy atom. The van der Waals surface area contributed by atoms with Gasteiger partial charge < -0.3 is 25.1 Å². The van der Waals surface area contributed by atoms with Crippen LogP contribution in [-0.4, -0.2) is 41.6 Å². The van der Waals surface area contributed by atoms with Gasteiger partial charge in [0.05, 0.1) is 29.3 Å². The number of hydrogen-bond donors (Lipinski definition) is 1. The summed E-state index contributed by atoms with van der Waals surface area (Å²) in [6.45, 7) is 9.10. The Balaban J connectivity index is 1.62. The molecule has 5 rings (SSSR count). The summed E-state index contributed by atoms with van der Waals surface area (Å²) in [5.41, 5.74) is 6.01. The minimum Gasteiger partial charge on any atom is -0.874 e. The lowest BCUT2D eigenvalue weighted by Crippen LogP contribution is -2.71. The van der Waals surface area contributed by atoms with Crippen LogP contribution >= 0.6 is 0 Å². The van der Waals surface area contributed by atoms with E-state index in [4.69, 9.17) is 24.9 Å². The average Bonchev–Trinajstić information content (AvgIpc) is 3.03. The van der Waals surface area contributed by atoms with Crippen molar-refractivity contribution < 1.29 is 19.3 Å². The lowest BCUT2D eigenvalue weighted by atomic mass is 9.55. The van der Waals surface area contributed by atoms with E-state index < -0.39 is 16.6 Å². The number of aromatic nitrogens is 2. The maximum absolute atomic E-state index is 12.7.